The lowest BCUT2D eigenvalue weighted by atomic mass is 10.0. The average Bonchev–Trinajstić information content (AvgIpc) is 2.69. The Morgan fingerprint density at radius 2 is 1.26 bits per heavy atom. The Balaban J connectivity index is 2.17. The second-order valence-electron chi connectivity index (χ2n) is 9.23. The van der Waals surface area contributed by atoms with E-state index >= 15 is 0 Å². The number of unbranched alkanes of at least 4 members (excludes halogenated alkanes) is 13. The van der Waals surface area contributed by atoms with E-state index in [1.807, 2.05) is 13.8 Å². The van der Waals surface area contributed by atoms with E-state index in [1.165, 1.54) is 77.0 Å². The monoisotopic (exact) mass is 454 g/mol. The van der Waals surface area contributed by atoms with Crippen molar-refractivity contribution in [2.75, 3.05) is 6.61 Å². The van der Waals surface area contributed by atoms with Crippen LogP contribution in [0.2, 0.25) is 0 Å². The summed E-state index contributed by atoms with van der Waals surface area (Å²) in [4.78, 5) is -0.0277. The lowest BCUT2D eigenvalue weighted by molar-refractivity contribution is 0.300. The molecule has 0 radical (unpaired) electrons. The van der Waals surface area contributed by atoms with Crippen LogP contribution in [0.4, 0.5) is 0 Å². The first-order valence-electron chi connectivity index (χ1n) is 12.5. The Morgan fingerprint density at radius 1 is 0.806 bits per heavy atom. The van der Waals surface area contributed by atoms with Gasteiger partial charge in [-0.15, -0.1) is 0 Å². The molecule has 0 heterocycles. The van der Waals surface area contributed by atoms with Gasteiger partial charge in [-0.3, -0.25) is 4.55 Å². The van der Waals surface area contributed by atoms with Crippen LogP contribution in [0.15, 0.2) is 17.0 Å². The van der Waals surface area contributed by atoms with Crippen molar-refractivity contribution in [3.8, 4) is 5.75 Å². The van der Waals surface area contributed by atoms with Crippen molar-refractivity contribution >= 4 is 10.1 Å². The SMILES string of the molecule is CCCCCCCCCCCCCCCCOc1cc(C)c(S(=O)(=O)O)cc1C(C)C. The van der Waals surface area contributed by atoms with Crippen LogP contribution in [0.25, 0.3) is 0 Å². The van der Waals surface area contributed by atoms with E-state index in [1.54, 1.807) is 19.1 Å². The molecule has 0 bridgehead atoms. The Morgan fingerprint density at radius 3 is 1.68 bits per heavy atom. The van der Waals surface area contributed by atoms with Gasteiger partial charge in [-0.2, -0.15) is 8.42 Å². The molecule has 0 aliphatic carbocycles. The molecule has 0 spiro atoms. The van der Waals surface area contributed by atoms with Gasteiger partial charge in [0.05, 0.1) is 11.5 Å². The molecule has 0 saturated carbocycles. The highest BCUT2D eigenvalue weighted by Gasteiger charge is 2.18. The molecule has 0 aromatic heterocycles. The van der Waals surface area contributed by atoms with Crippen LogP contribution in [0.1, 0.15) is 128 Å². The summed E-state index contributed by atoms with van der Waals surface area (Å²) in [6.45, 7) is 8.59. The fourth-order valence-electron chi connectivity index (χ4n) is 4.01. The minimum atomic E-state index is -4.21. The number of aryl methyl sites for hydroxylation is 1. The van der Waals surface area contributed by atoms with Gasteiger partial charge >= 0.3 is 0 Å². The lowest BCUT2D eigenvalue weighted by Gasteiger charge is -2.17. The first kappa shape index (κ1) is 28.0. The molecule has 1 rings (SSSR count). The summed E-state index contributed by atoms with van der Waals surface area (Å²) in [7, 11) is -4.21. The zero-order valence-corrected chi connectivity index (χ0v) is 21.2. The summed E-state index contributed by atoms with van der Waals surface area (Å²) in [6.07, 6.45) is 18.6. The largest absolute Gasteiger partial charge is 0.493 e. The smallest absolute Gasteiger partial charge is 0.294 e. The fourth-order valence-corrected chi connectivity index (χ4v) is 4.75. The molecular formula is C26H46O4S. The Hall–Kier alpha value is -1.07. The maximum atomic E-state index is 11.6. The van der Waals surface area contributed by atoms with Gasteiger partial charge in [0.2, 0.25) is 0 Å². The highest BCUT2D eigenvalue weighted by Crippen LogP contribution is 2.32. The van der Waals surface area contributed by atoms with Gasteiger partial charge in [0, 0.05) is 0 Å². The number of benzene rings is 1. The summed E-state index contributed by atoms with van der Waals surface area (Å²) in [5.74, 6) is 0.849. The molecular weight excluding hydrogens is 408 g/mol. The molecule has 1 aromatic carbocycles. The number of rotatable bonds is 18. The zero-order chi connectivity index (χ0) is 23.1. The third kappa shape index (κ3) is 11.9. The van der Waals surface area contributed by atoms with E-state index in [9.17, 15) is 13.0 Å². The molecule has 0 atom stereocenters. The zero-order valence-electron chi connectivity index (χ0n) is 20.4. The predicted octanol–water partition coefficient (Wildman–Crippen LogP) is 8.23. The van der Waals surface area contributed by atoms with Crippen molar-refractivity contribution in [2.24, 2.45) is 0 Å². The molecule has 0 amide bonds. The van der Waals surface area contributed by atoms with Crippen LogP contribution in [-0.4, -0.2) is 19.6 Å². The van der Waals surface area contributed by atoms with Gasteiger partial charge in [0.25, 0.3) is 10.1 Å². The van der Waals surface area contributed by atoms with E-state index < -0.39 is 10.1 Å². The maximum Gasteiger partial charge on any atom is 0.294 e. The maximum absolute atomic E-state index is 11.6. The van der Waals surface area contributed by atoms with Crippen LogP contribution < -0.4 is 4.74 Å². The van der Waals surface area contributed by atoms with Crippen LogP contribution in [0.3, 0.4) is 0 Å². The summed E-state index contributed by atoms with van der Waals surface area (Å²) < 4.78 is 38.5. The van der Waals surface area contributed by atoms with E-state index in [2.05, 4.69) is 6.92 Å². The van der Waals surface area contributed by atoms with Gasteiger partial charge in [0.1, 0.15) is 5.75 Å². The molecule has 180 valence electrons. The summed E-state index contributed by atoms with van der Waals surface area (Å²) >= 11 is 0. The molecule has 31 heavy (non-hydrogen) atoms. The van der Waals surface area contributed by atoms with Crippen molar-refractivity contribution in [3.63, 3.8) is 0 Å². The molecule has 0 fully saturated rings. The minimum Gasteiger partial charge on any atom is -0.493 e. The van der Waals surface area contributed by atoms with Crippen LogP contribution in [0.5, 0.6) is 5.75 Å². The highest BCUT2D eigenvalue weighted by atomic mass is 32.2. The van der Waals surface area contributed by atoms with Crippen molar-refractivity contribution in [2.45, 2.75) is 128 Å². The van der Waals surface area contributed by atoms with E-state index in [0.717, 1.165) is 24.2 Å². The van der Waals surface area contributed by atoms with Gasteiger partial charge in [0.15, 0.2) is 0 Å². The van der Waals surface area contributed by atoms with E-state index in [0.29, 0.717) is 12.2 Å². The van der Waals surface area contributed by atoms with Crippen molar-refractivity contribution in [1.82, 2.24) is 0 Å². The van der Waals surface area contributed by atoms with E-state index in [-0.39, 0.29) is 10.8 Å². The molecule has 0 aliphatic heterocycles. The molecule has 0 unspecified atom stereocenters. The summed E-state index contributed by atoms with van der Waals surface area (Å²) in [5.41, 5.74) is 1.34. The first-order valence-corrected chi connectivity index (χ1v) is 14.0. The summed E-state index contributed by atoms with van der Waals surface area (Å²) in [5, 5.41) is 0. The highest BCUT2D eigenvalue weighted by molar-refractivity contribution is 7.85. The Bertz CT molecular complexity index is 710. The third-order valence-electron chi connectivity index (χ3n) is 5.96. The minimum absolute atomic E-state index is 0.0277. The van der Waals surface area contributed by atoms with Crippen LogP contribution >= 0.6 is 0 Å². The number of hydrogen-bond acceptors (Lipinski definition) is 3. The van der Waals surface area contributed by atoms with Crippen molar-refractivity contribution in [3.05, 3.63) is 23.3 Å². The molecule has 5 heteroatoms. The Kier molecular flexibility index (Phi) is 14.1. The number of ether oxygens (including phenoxy) is 1. The average molecular weight is 455 g/mol. The molecule has 0 aliphatic rings. The molecule has 0 saturated heterocycles. The molecule has 4 nitrogen and oxygen atoms in total. The second kappa shape index (κ2) is 15.7. The van der Waals surface area contributed by atoms with Gasteiger partial charge < -0.3 is 4.74 Å². The molecule has 1 aromatic rings. The van der Waals surface area contributed by atoms with E-state index in [4.69, 9.17) is 4.74 Å². The van der Waals surface area contributed by atoms with Crippen LogP contribution in [-0.2, 0) is 10.1 Å². The van der Waals surface area contributed by atoms with Crippen molar-refractivity contribution < 1.29 is 17.7 Å². The van der Waals surface area contributed by atoms with Crippen molar-refractivity contribution in [1.29, 1.82) is 0 Å². The normalized spacial score (nSPS) is 11.9. The first-order chi connectivity index (χ1) is 14.8. The second-order valence-corrected chi connectivity index (χ2v) is 10.6. The number of hydrogen-bond donors (Lipinski definition) is 1. The fraction of sp³-hybridized carbons (Fsp3) is 0.769. The van der Waals surface area contributed by atoms with Gasteiger partial charge in [-0.05, 0) is 42.5 Å². The Labute approximate surface area is 191 Å². The van der Waals surface area contributed by atoms with Crippen LogP contribution in [0, 0.1) is 6.92 Å². The predicted molar refractivity (Wildman–Crippen MR) is 131 cm³/mol. The lowest BCUT2D eigenvalue weighted by Crippen LogP contribution is -2.07. The standard InChI is InChI=1S/C26H46O4S/c1-5-6-7-8-9-10-11-12-13-14-15-16-17-18-19-30-25-20-23(4)26(31(27,28)29)21-24(25)22(2)3/h20-22H,5-19H2,1-4H3,(H,27,28,29). The quantitative estimate of drug-likeness (QED) is 0.179. The van der Waals surface area contributed by atoms with Gasteiger partial charge in [-0.1, -0.05) is 104 Å². The molecule has 1 N–H and O–H groups in total. The topological polar surface area (TPSA) is 63.6 Å². The third-order valence-corrected chi connectivity index (χ3v) is 6.96. The summed E-state index contributed by atoms with van der Waals surface area (Å²) in [6, 6.07) is 3.29. The van der Waals surface area contributed by atoms with Gasteiger partial charge in [-0.25, -0.2) is 0 Å².